The zero-order valence-corrected chi connectivity index (χ0v) is 20.0. The summed E-state index contributed by atoms with van der Waals surface area (Å²) < 4.78 is 11.0. The van der Waals surface area contributed by atoms with Crippen LogP contribution in [0.3, 0.4) is 0 Å². The van der Waals surface area contributed by atoms with Crippen molar-refractivity contribution in [1.29, 1.82) is 0 Å². The number of imide groups is 1. The van der Waals surface area contributed by atoms with E-state index in [1.54, 1.807) is 37.4 Å². The highest BCUT2D eigenvalue weighted by Crippen LogP contribution is 2.36. The number of benzene rings is 3. The van der Waals surface area contributed by atoms with Gasteiger partial charge in [0, 0.05) is 11.8 Å². The van der Waals surface area contributed by atoms with Gasteiger partial charge < -0.3 is 14.8 Å². The summed E-state index contributed by atoms with van der Waals surface area (Å²) in [7, 11) is 1.58. The first-order valence-corrected chi connectivity index (χ1v) is 11.2. The average Bonchev–Trinajstić information content (AvgIpc) is 3.04. The standard InChI is InChI=1S/C28H28N2O4/c1-17(2)34-22-12-10-21(11-13-22)30-27(31)25(24-14-9-18(3)15-19(24)4)26(28(30)32)29-20-7-6-8-23(16-20)33-5/h6-17,29H,1-5H3. The Bertz CT molecular complexity index is 1280. The fourth-order valence-corrected chi connectivity index (χ4v) is 4.02. The van der Waals surface area contributed by atoms with Crippen LogP contribution in [-0.4, -0.2) is 25.0 Å². The van der Waals surface area contributed by atoms with Gasteiger partial charge in [-0.3, -0.25) is 9.59 Å². The van der Waals surface area contributed by atoms with Crippen LogP contribution in [0.5, 0.6) is 11.5 Å². The first-order valence-electron chi connectivity index (χ1n) is 11.2. The third-order valence-corrected chi connectivity index (χ3v) is 5.54. The van der Waals surface area contributed by atoms with Crippen molar-refractivity contribution in [1.82, 2.24) is 0 Å². The number of anilines is 2. The first-order chi connectivity index (χ1) is 16.3. The monoisotopic (exact) mass is 456 g/mol. The number of carbonyl (C=O) groups excluding carboxylic acids is 2. The number of hydrogen-bond donors (Lipinski definition) is 1. The molecule has 0 unspecified atom stereocenters. The van der Waals surface area contributed by atoms with E-state index in [1.165, 1.54) is 4.90 Å². The molecule has 6 nitrogen and oxygen atoms in total. The Morgan fingerprint density at radius 3 is 2.24 bits per heavy atom. The second-order valence-corrected chi connectivity index (χ2v) is 8.53. The number of aryl methyl sites for hydroxylation is 2. The molecule has 1 heterocycles. The molecule has 174 valence electrons. The Balaban J connectivity index is 1.78. The summed E-state index contributed by atoms with van der Waals surface area (Å²) in [6.45, 7) is 7.82. The zero-order valence-electron chi connectivity index (χ0n) is 20.0. The van der Waals surface area contributed by atoms with Crippen molar-refractivity contribution in [3.8, 4) is 11.5 Å². The van der Waals surface area contributed by atoms with Gasteiger partial charge in [-0.2, -0.15) is 0 Å². The minimum Gasteiger partial charge on any atom is -0.497 e. The van der Waals surface area contributed by atoms with E-state index in [0.29, 0.717) is 28.4 Å². The van der Waals surface area contributed by atoms with Crippen molar-refractivity contribution in [2.75, 3.05) is 17.3 Å². The van der Waals surface area contributed by atoms with Crippen molar-refractivity contribution >= 4 is 28.8 Å². The van der Waals surface area contributed by atoms with Gasteiger partial charge in [-0.05, 0) is 75.2 Å². The molecule has 1 N–H and O–H groups in total. The van der Waals surface area contributed by atoms with Gasteiger partial charge in [0.1, 0.15) is 17.2 Å². The lowest BCUT2D eigenvalue weighted by atomic mass is 9.97. The topological polar surface area (TPSA) is 67.9 Å². The number of nitrogens with zero attached hydrogens (tertiary/aromatic N) is 1. The maximum Gasteiger partial charge on any atom is 0.282 e. The summed E-state index contributed by atoms with van der Waals surface area (Å²) in [4.78, 5) is 28.5. The van der Waals surface area contributed by atoms with Gasteiger partial charge in [0.15, 0.2) is 0 Å². The van der Waals surface area contributed by atoms with E-state index in [1.807, 2.05) is 64.1 Å². The zero-order chi connectivity index (χ0) is 24.4. The molecule has 3 aromatic carbocycles. The fraction of sp³-hybridized carbons (Fsp3) is 0.214. The molecular weight excluding hydrogens is 428 g/mol. The highest BCUT2D eigenvalue weighted by atomic mass is 16.5. The minimum atomic E-state index is -0.416. The normalized spacial score (nSPS) is 13.6. The molecule has 0 saturated carbocycles. The summed E-state index contributed by atoms with van der Waals surface area (Å²) in [6.07, 6.45) is 0.0253. The van der Waals surface area contributed by atoms with Crippen molar-refractivity contribution < 1.29 is 19.1 Å². The van der Waals surface area contributed by atoms with Gasteiger partial charge in [-0.1, -0.05) is 29.8 Å². The molecule has 0 atom stereocenters. The smallest absolute Gasteiger partial charge is 0.282 e. The third kappa shape index (κ3) is 4.53. The lowest BCUT2D eigenvalue weighted by Gasteiger charge is -2.17. The van der Waals surface area contributed by atoms with Gasteiger partial charge in [0.05, 0.1) is 24.5 Å². The Hall–Kier alpha value is -4.06. The Morgan fingerprint density at radius 2 is 1.59 bits per heavy atom. The third-order valence-electron chi connectivity index (χ3n) is 5.54. The number of carbonyl (C=O) groups is 2. The molecule has 0 spiro atoms. The van der Waals surface area contributed by atoms with E-state index < -0.39 is 5.91 Å². The SMILES string of the molecule is COc1cccc(NC2=C(c3ccc(C)cc3C)C(=O)N(c3ccc(OC(C)C)cc3)C2=O)c1. The molecule has 0 fully saturated rings. The minimum absolute atomic E-state index is 0.0253. The molecule has 0 bridgehead atoms. The van der Waals surface area contributed by atoms with Gasteiger partial charge >= 0.3 is 0 Å². The molecule has 3 aromatic rings. The molecule has 6 heteroatoms. The molecule has 4 rings (SSSR count). The summed E-state index contributed by atoms with van der Waals surface area (Å²) in [6, 6.07) is 20.1. The maximum absolute atomic E-state index is 13.7. The van der Waals surface area contributed by atoms with Gasteiger partial charge in [-0.25, -0.2) is 4.90 Å². The van der Waals surface area contributed by atoms with Crippen LogP contribution in [0.1, 0.15) is 30.5 Å². The number of amides is 2. The van der Waals surface area contributed by atoms with E-state index in [-0.39, 0.29) is 17.7 Å². The second kappa shape index (κ2) is 9.43. The Labute approximate surface area is 199 Å². The number of hydrogen-bond acceptors (Lipinski definition) is 5. The van der Waals surface area contributed by atoms with E-state index >= 15 is 0 Å². The van der Waals surface area contributed by atoms with Crippen LogP contribution in [0.4, 0.5) is 11.4 Å². The van der Waals surface area contributed by atoms with E-state index in [0.717, 1.165) is 16.7 Å². The number of methoxy groups -OCH3 is 1. The summed E-state index contributed by atoms with van der Waals surface area (Å²) in [5.74, 6) is 0.531. The largest absolute Gasteiger partial charge is 0.497 e. The van der Waals surface area contributed by atoms with Gasteiger partial charge in [-0.15, -0.1) is 0 Å². The quantitative estimate of drug-likeness (QED) is 0.476. The molecular formula is C28H28N2O4. The number of ether oxygens (including phenoxy) is 2. The lowest BCUT2D eigenvalue weighted by molar-refractivity contribution is -0.120. The predicted molar refractivity (Wildman–Crippen MR) is 134 cm³/mol. The highest BCUT2D eigenvalue weighted by Gasteiger charge is 2.40. The number of rotatable bonds is 7. The summed E-state index contributed by atoms with van der Waals surface area (Å²) >= 11 is 0. The summed E-state index contributed by atoms with van der Waals surface area (Å²) in [5, 5.41) is 3.19. The van der Waals surface area contributed by atoms with Gasteiger partial charge in [0.2, 0.25) is 0 Å². The van der Waals surface area contributed by atoms with Crippen LogP contribution < -0.4 is 19.7 Å². The summed E-state index contributed by atoms with van der Waals surface area (Å²) in [5.41, 5.74) is 4.43. The lowest BCUT2D eigenvalue weighted by Crippen LogP contribution is -2.32. The molecule has 2 amide bonds. The predicted octanol–water partition coefficient (Wildman–Crippen LogP) is 5.50. The van der Waals surface area contributed by atoms with Crippen molar-refractivity contribution in [2.24, 2.45) is 0 Å². The van der Waals surface area contributed by atoms with E-state index in [9.17, 15) is 9.59 Å². The van der Waals surface area contributed by atoms with Crippen LogP contribution in [0, 0.1) is 13.8 Å². The van der Waals surface area contributed by atoms with Crippen LogP contribution in [0.25, 0.3) is 5.57 Å². The van der Waals surface area contributed by atoms with Crippen LogP contribution in [0.15, 0.2) is 72.4 Å². The molecule has 0 aromatic heterocycles. The molecule has 1 aliphatic rings. The fourth-order valence-electron chi connectivity index (χ4n) is 4.02. The van der Waals surface area contributed by atoms with Crippen LogP contribution in [-0.2, 0) is 9.59 Å². The van der Waals surface area contributed by atoms with E-state index in [2.05, 4.69) is 5.32 Å². The van der Waals surface area contributed by atoms with Crippen molar-refractivity contribution in [2.45, 2.75) is 33.8 Å². The number of nitrogens with one attached hydrogen (secondary N) is 1. The van der Waals surface area contributed by atoms with Crippen molar-refractivity contribution in [3.63, 3.8) is 0 Å². The first kappa shape index (κ1) is 23.1. The second-order valence-electron chi connectivity index (χ2n) is 8.53. The molecule has 0 radical (unpaired) electrons. The van der Waals surface area contributed by atoms with Gasteiger partial charge in [0.25, 0.3) is 11.8 Å². The molecule has 34 heavy (non-hydrogen) atoms. The maximum atomic E-state index is 13.7. The van der Waals surface area contributed by atoms with Crippen LogP contribution in [0.2, 0.25) is 0 Å². The Morgan fingerprint density at radius 1 is 0.853 bits per heavy atom. The average molecular weight is 457 g/mol. The Kier molecular flexibility index (Phi) is 6.41. The molecule has 0 saturated heterocycles. The highest BCUT2D eigenvalue weighted by molar-refractivity contribution is 6.46. The molecule has 1 aliphatic heterocycles. The van der Waals surface area contributed by atoms with E-state index in [4.69, 9.17) is 9.47 Å². The van der Waals surface area contributed by atoms with Crippen molar-refractivity contribution in [3.05, 3.63) is 89.1 Å². The molecule has 0 aliphatic carbocycles. The van der Waals surface area contributed by atoms with Crippen LogP contribution >= 0.6 is 0 Å².